The highest BCUT2D eigenvalue weighted by Crippen LogP contribution is 2.47. The van der Waals surface area contributed by atoms with Gasteiger partial charge in [0.1, 0.15) is 5.82 Å². The fraction of sp³-hybridized carbons (Fsp3) is 0.588. The van der Waals surface area contributed by atoms with E-state index >= 15 is 0 Å². The van der Waals surface area contributed by atoms with Crippen molar-refractivity contribution in [3.8, 4) is 0 Å². The molecule has 2 rings (SSSR count). The minimum atomic E-state index is -0.258. The molecule has 21 heavy (non-hydrogen) atoms. The predicted molar refractivity (Wildman–Crippen MR) is 80.3 cm³/mol. The Kier molecular flexibility index (Phi) is 4.67. The highest BCUT2D eigenvalue weighted by atomic mass is 19.1. The number of rotatable bonds is 5. The Bertz CT molecular complexity index is 510. The molecule has 3 nitrogen and oxygen atoms in total. The SMILES string of the molecule is CC(C)(C)C(CCO)NC(=O)C1CC1c1cccc(F)c1. The Balaban J connectivity index is 1.96. The molecule has 3 atom stereocenters. The van der Waals surface area contributed by atoms with Gasteiger partial charge in [-0.15, -0.1) is 0 Å². The maximum absolute atomic E-state index is 13.2. The summed E-state index contributed by atoms with van der Waals surface area (Å²) in [6.07, 6.45) is 1.32. The topological polar surface area (TPSA) is 49.3 Å². The van der Waals surface area contributed by atoms with Crippen LogP contribution in [0.5, 0.6) is 0 Å². The zero-order chi connectivity index (χ0) is 15.6. The van der Waals surface area contributed by atoms with Crippen LogP contribution in [0.3, 0.4) is 0 Å². The van der Waals surface area contributed by atoms with Gasteiger partial charge in [0.05, 0.1) is 0 Å². The second-order valence-corrected chi connectivity index (χ2v) is 6.94. The highest BCUT2D eigenvalue weighted by Gasteiger charge is 2.45. The van der Waals surface area contributed by atoms with Gasteiger partial charge in [-0.05, 0) is 41.9 Å². The number of halogens is 1. The second-order valence-electron chi connectivity index (χ2n) is 6.94. The van der Waals surface area contributed by atoms with E-state index in [1.54, 1.807) is 6.07 Å². The summed E-state index contributed by atoms with van der Waals surface area (Å²) in [6.45, 7) is 6.19. The van der Waals surface area contributed by atoms with Crippen molar-refractivity contribution < 1.29 is 14.3 Å². The number of nitrogens with one attached hydrogen (secondary N) is 1. The summed E-state index contributed by atoms with van der Waals surface area (Å²) < 4.78 is 13.2. The van der Waals surface area contributed by atoms with Crippen LogP contribution in [0.15, 0.2) is 24.3 Å². The molecule has 0 bridgehead atoms. The molecule has 1 aromatic rings. The molecular weight excluding hydrogens is 269 g/mol. The molecule has 1 amide bonds. The summed E-state index contributed by atoms with van der Waals surface area (Å²) in [5.41, 5.74) is 0.798. The Hall–Kier alpha value is -1.42. The fourth-order valence-electron chi connectivity index (χ4n) is 2.72. The number of carbonyl (C=O) groups is 1. The van der Waals surface area contributed by atoms with Crippen LogP contribution in [0.1, 0.15) is 45.1 Å². The van der Waals surface area contributed by atoms with Gasteiger partial charge in [0.2, 0.25) is 5.91 Å². The molecule has 1 aliphatic rings. The van der Waals surface area contributed by atoms with Gasteiger partial charge in [0.15, 0.2) is 0 Å². The van der Waals surface area contributed by atoms with Gasteiger partial charge < -0.3 is 10.4 Å². The first-order valence-electron chi connectivity index (χ1n) is 7.49. The monoisotopic (exact) mass is 293 g/mol. The van der Waals surface area contributed by atoms with E-state index < -0.39 is 0 Å². The number of carbonyl (C=O) groups excluding carboxylic acids is 1. The third kappa shape index (κ3) is 4.03. The Morgan fingerprint density at radius 2 is 2.19 bits per heavy atom. The average Bonchev–Trinajstić information content (AvgIpc) is 3.17. The third-order valence-corrected chi connectivity index (χ3v) is 4.18. The normalized spacial score (nSPS) is 22.7. The van der Waals surface area contributed by atoms with E-state index in [0.29, 0.717) is 6.42 Å². The van der Waals surface area contributed by atoms with Gasteiger partial charge in [-0.1, -0.05) is 32.9 Å². The summed E-state index contributed by atoms with van der Waals surface area (Å²) >= 11 is 0. The largest absolute Gasteiger partial charge is 0.396 e. The van der Waals surface area contributed by atoms with E-state index in [4.69, 9.17) is 5.11 Å². The van der Waals surface area contributed by atoms with E-state index in [9.17, 15) is 9.18 Å². The molecule has 0 aliphatic heterocycles. The van der Waals surface area contributed by atoms with Crippen molar-refractivity contribution in [1.29, 1.82) is 0 Å². The van der Waals surface area contributed by atoms with Gasteiger partial charge in [0.25, 0.3) is 0 Å². The molecule has 116 valence electrons. The summed E-state index contributed by atoms with van der Waals surface area (Å²) in [7, 11) is 0. The molecule has 3 unspecified atom stereocenters. The lowest BCUT2D eigenvalue weighted by Crippen LogP contribution is -2.45. The lowest BCUT2D eigenvalue weighted by atomic mass is 9.85. The second kappa shape index (κ2) is 6.14. The van der Waals surface area contributed by atoms with Crippen molar-refractivity contribution >= 4 is 5.91 Å². The van der Waals surface area contributed by atoms with Crippen molar-refractivity contribution in [3.05, 3.63) is 35.6 Å². The van der Waals surface area contributed by atoms with Crippen molar-refractivity contribution in [3.63, 3.8) is 0 Å². The van der Waals surface area contributed by atoms with Gasteiger partial charge in [-0.2, -0.15) is 0 Å². The van der Waals surface area contributed by atoms with Gasteiger partial charge in [-0.25, -0.2) is 4.39 Å². The van der Waals surface area contributed by atoms with Crippen LogP contribution in [-0.2, 0) is 4.79 Å². The van der Waals surface area contributed by atoms with E-state index in [1.165, 1.54) is 12.1 Å². The van der Waals surface area contributed by atoms with Crippen LogP contribution in [0.4, 0.5) is 4.39 Å². The van der Waals surface area contributed by atoms with Crippen LogP contribution >= 0.6 is 0 Å². The Morgan fingerprint density at radius 3 is 2.76 bits per heavy atom. The van der Waals surface area contributed by atoms with Crippen molar-refractivity contribution in [2.45, 2.75) is 45.6 Å². The number of hydrogen-bond acceptors (Lipinski definition) is 2. The molecule has 0 saturated heterocycles. The standard InChI is InChI=1S/C17H24FNO2/c1-17(2,3)15(7-8-20)19-16(21)14-10-13(14)11-5-4-6-12(18)9-11/h4-6,9,13-15,20H,7-8,10H2,1-3H3,(H,19,21). The first-order valence-corrected chi connectivity index (χ1v) is 7.49. The minimum absolute atomic E-state index is 0.0117. The zero-order valence-electron chi connectivity index (χ0n) is 12.9. The van der Waals surface area contributed by atoms with Crippen LogP contribution in [0, 0.1) is 17.2 Å². The number of benzene rings is 1. The fourth-order valence-corrected chi connectivity index (χ4v) is 2.72. The van der Waals surface area contributed by atoms with E-state index in [-0.39, 0.29) is 41.6 Å². The number of aliphatic hydroxyl groups excluding tert-OH is 1. The molecule has 0 aromatic heterocycles. The molecule has 0 spiro atoms. The molecule has 1 saturated carbocycles. The maximum Gasteiger partial charge on any atom is 0.223 e. The summed E-state index contributed by atoms with van der Waals surface area (Å²) in [4.78, 5) is 12.3. The third-order valence-electron chi connectivity index (χ3n) is 4.18. The van der Waals surface area contributed by atoms with Gasteiger partial charge in [-0.3, -0.25) is 4.79 Å². The predicted octanol–water partition coefficient (Wildman–Crippen LogP) is 2.84. The van der Waals surface area contributed by atoms with Crippen LogP contribution in [-0.4, -0.2) is 23.7 Å². The van der Waals surface area contributed by atoms with E-state index in [1.807, 2.05) is 26.8 Å². The molecule has 0 radical (unpaired) electrons. The number of amides is 1. The molecule has 1 aromatic carbocycles. The Labute approximate surface area is 125 Å². The van der Waals surface area contributed by atoms with Crippen LogP contribution in [0.25, 0.3) is 0 Å². The van der Waals surface area contributed by atoms with Crippen LogP contribution < -0.4 is 5.32 Å². The average molecular weight is 293 g/mol. The lowest BCUT2D eigenvalue weighted by Gasteiger charge is -2.31. The molecule has 0 heterocycles. The maximum atomic E-state index is 13.2. The first-order chi connectivity index (χ1) is 9.82. The smallest absolute Gasteiger partial charge is 0.223 e. The van der Waals surface area contributed by atoms with Crippen molar-refractivity contribution in [1.82, 2.24) is 5.32 Å². The molecule has 2 N–H and O–H groups in total. The summed E-state index contributed by atoms with van der Waals surface area (Å²) in [5.74, 6) is -0.199. The Morgan fingerprint density at radius 1 is 1.48 bits per heavy atom. The van der Waals surface area contributed by atoms with E-state index in [2.05, 4.69) is 5.32 Å². The van der Waals surface area contributed by atoms with E-state index in [0.717, 1.165) is 12.0 Å². The quantitative estimate of drug-likeness (QED) is 0.877. The van der Waals surface area contributed by atoms with Crippen LogP contribution in [0.2, 0.25) is 0 Å². The molecule has 1 aliphatic carbocycles. The van der Waals surface area contributed by atoms with Crippen molar-refractivity contribution in [2.24, 2.45) is 11.3 Å². The molecular formula is C17H24FNO2. The molecule has 4 heteroatoms. The number of aliphatic hydroxyl groups is 1. The highest BCUT2D eigenvalue weighted by molar-refractivity contribution is 5.83. The summed E-state index contributed by atoms with van der Waals surface area (Å²) in [5, 5.41) is 12.2. The first kappa shape index (κ1) is 16.0. The number of hydrogen-bond donors (Lipinski definition) is 2. The van der Waals surface area contributed by atoms with Crippen molar-refractivity contribution in [2.75, 3.05) is 6.61 Å². The zero-order valence-corrected chi connectivity index (χ0v) is 12.9. The lowest BCUT2D eigenvalue weighted by molar-refractivity contribution is -0.124. The van der Waals surface area contributed by atoms with Gasteiger partial charge >= 0.3 is 0 Å². The van der Waals surface area contributed by atoms with Gasteiger partial charge in [0, 0.05) is 18.6 Å². The molecule has 1 fully saturated rings. The minimum Gasteiger partial charge on any atom is -0.396 e. The summed E-state index contributed by atoms with van der Waals surface area (Å²) in [6, 6.07) is 6.42.